The zero-order chi connectivity index (χ0) is 14.9. The van der Waals surface area contributed by atoms with E-state index in [0.29, 0.717) is 22.5 Å². The Hall–Kier alpha value is -3.07. The maximum atomic E-state index is 12.2. The van der Waals surface area contributed by atoms with E-state index < -0.39 is 0 Å². The van der Waals surface area contributed by atoms with Crippen LogP contribution < -0.4 is 5.32 Å². The summed E-state index contributed by atoms with van der Waals surface area (Å²) in [4.78, 5) is 27.8. The smallest absolute Gasteiger partial charge is 0.277 e. The first-order chi connectivity index (χ1) is 10.8. The van der Waals surface area contributed by atoms with Crippen molar-refractivity contribution in [3.63, 3.8) is 0 Å². The molecule has 0 aliphatic rings. The van der Waals surface area contributed by atoms with Gasteiger partial charge in [0.1, 0.15) is 12.0 Å². The minimum absolute atomic E-state index is 0.303. The molecule has 0 saturated heterocycles. The average molecular weight is 311 g/mol. The molecular weight excluding hydrogens is 302 g/mol. The summed E-state index contributed by atoms with van der Waals surface area (Å²) in [5.41, 5.74) is 1.95. The number of imidazole rings is 1. The van der Waals surface area contributed by atoms with Gasteiger partial charge in [-0.2, -0.15) is 5.10 Å². The summed E-state index contributed by atoms with van der Waals surface area (Å²) >= 11 is 1.31. The van der Waals surface area contributed by atoms with Crippen LogP contribution in [0.3, 0.4) is 0 Å². The van der Waals surface area contributed by atoms with Crippen LogP contribution in [0.25, 0.3) is 21.9 Å². The van der Waals surface area contributed by atoms with Gasteiger partial charge in [-0.15, -0.1) is 11.3 Å². The van der Waals surface area contributed by atoms with Gasteiger partial charge in [0.05, 0.1) is 11.0 Å². The van der Waals surface area contributed by atoms with Gasteiger partial charge in [-0.05, 0) is 12.1 Å². The van der Waals surface area contributed by atoms with Gasteiger partial charge in [0.25, 0.3) is 5.91 Å². The van der Waals surface area contributed by atoms with E-state index in [-0.39, 0.29) is 5.91 Å². The molecule has 0 atom stereocenters. The molecule has 0 radical (unpaired) electrons. The SMILES string of the molecule is O=C(Nc1nc2ccccc2[nH]1)c1csc(-c2ncn[nH]2)n1. The number of benzene rings is 1. The third kappa shape index (κ3) is 2.23. The minimum Gasteiger partial charge on any atom is -0.324 e. The van der Waals surface area contributed by atoms with Crippen molar-refractivity contribution in [1.29, 1.82) is 0 Å². The van der Waals surface area contributed by atoms with Crippen molar-refractivity contribution in [1.82, 2.24) is 30.1 Å². The van der Waals surface area contributed by atoms with Crippen LogP contribution >= 0.6 is 11.3 Å². The molecule has 3 N–H and O–H groups in total. The van der Waals surface area contributed by atoms with Crippen LogP contribution in [0.15, 0.2) is 36.0 Å². The lowest BCUT2D eigenvalue weighted by Gasteiger charge is -1.97. The van der Waals surface area contributed by atoms with Gasteiger partial charge in [-0.1, -0.05) is 12.1 Å². The van der Waals surface area contributed by atoms with Crippen molar-refractivity contribution in [2.75, 3.05) is 5.32 Å². The largest absolute Gasteiger partial charge is 0.324 e. The number of rotatable bonds is 3. The topological polar surface area (TPSA) is 112 Å². The van der Waals surface area contributed by atoms with E-state index in [4.69, 9.17) is 0 Å². The molecule has 0 unspecified atom stereocenters. The predicted octanol–water partition coefficient (Wildman–Crippen LogP) is 2.06. The van der Waals surface area contributed by atoms with Crippen molar-refractivity contribution in [3.8, 4) is 10.8 Å². The second-order valence-corrected chi connectivity index (χ2v) is 5.29. The van der Waals surface area contributed by atoms with E-state index in [1.54, 1.807) is 5.38 Å². The van der Waals surface area contributed by atoms with E-state index >= 15 is 0 Å². The number of H-pyrrole nitrogens is 2. The highest BCUT2D eigenvalue weighted by atomic mass is 32.1. The maximum Gasteiger partial charge on any atom is 0.277 e. The van der Waals surface area contributed by atoms with Crippen LogP contribution in [0.5, 0.6) is 0 Å². The van der Waals surface area contributed by atoms with E-state index in [2.05, 4.69) is 35.5 Å². The summed E-state index contributed by atoms with van der Waals surface area (Å²) < 4.78 is 0. The first-order valence-corrected chi connectivity index (χ1v) is 7.25. The zero-order valence-electron chi connectivity index (χ0n) is 11.1. The van der Waals surface area contributed by atoms with Crippen molar-refractivity contribution >= 4 is 34.2 Å². The number of thiazole rings is 1. The van der Waals surface area contributed by atoms with Crippen molar-refractivity contribution < 1.29 is 4.79 Å². The summed E-state index contributed by atoms with van der Waals surface area (Å²) in [5, 5.41) is 11.4. The summed E-state index contributed by atoms with van der Waals surface area (Å²) in [6.45, 7) is 0. The molecular formula is C13H9N7OS. The number of carbonyl (C=O) groups excluding carboxylic acids is 1. The number of amides is 1. The Morgan fingerprint density at radius 1 is 1.23 bits per heavy atom. The molecule has 3 heterocycles. The number of nitrogens with zero attached hydrogens (tertiary/aromatic N) is 4. The van der Waals surface area contributed by atoms with Crippen molar-refractivity contribution in [2.45, 2.75) is 0 Å². The normalized spacial score (nSPS) is 10.9. The Kier molecular flexibility index (Phi) is 2.90. The zero-order valence-corrected chi connectivity index (χ0v) is 11.9. The summed E-state index contributed by atoms with van der Waals surface area (Å²) in [6, 6.07) is 7.55. The molecule has 0 bridgehead atoms. The van der Waals surface area contributed by atoms with Gasteiger partial charge >= 0.3 is 0 Å². The fourth-order valence-electron chi connectivity index (χ4n) is 1.98. The second-order valence-electron chi connectivity index (χ2n) is 4.43. The number of aromatic nitrogens is 6. The van der Waals surface area contributed by atoms with Gasteiger partial charge in [0.15, 0.2) is 10.8 Å². The number of carbonyl (C=O) groups is 1. The lowest BCUT2D eigenvalue weighted by atomic mass is 10.3. The standard InChI is InChI=1S/C13H9N7OS/c21-11(9-5-22-12(16-9)10-14-6-15-20-10)19-13-17-7-3-1-2-4-8(7)18-13/h1-6H,(H,14,15,20)(H2,17,18,19,21). The Bertz CT molecular complexity index is 907. The number of para-hydroxylation sites is 2. The second kappa shape index (κ2) is 5.04. The number of nitrogens with one attached hydrogen (secondary N) is 3. The number of anilines is 1. The molecule has 4 rings (SSSR count). The van der Waals surface area contributed by atoms with Crippen LogP contribution in [-0.2, 0) is 0 Å². The predicted molar refractivity (Wildman–Crippen MR) is 81.5 cm³/mol. The van der Waals surface area contributed by atoms with Crippen LogP contribution in [0.1, 0.15) is 10.5 Å². The fraction of sp³-hybridized carbons (Fsp3) is 0. The molecule has 108 valence electrons. The Labute approximate surface area is 127 Å². The molecule has 1 amide bonds. The highest BCUT2D eigenvalue weighted by Gasteiger charge is 2.14. The molecule has 0 aliphatic carbocycles. The average Bonchev–Trinajstić information content (AvgIpc) is 3.26. The van der Waals surface area contributed by atoms with Gasteiger partial charge in [-0.25, -0.2) is 15.0 Å². The third-order valence-electron chi connectivity index (χ3n) is 2.98. The molecule has 9 heteroatoms. The molecule has 0 saturated carbocycles. The Morgan fingerprint density at radius 3 is 2.95 bits per heavy atom. The molecule has 8 nitrogen and oxygen atoms in total. The quantitative estimate of drug-likeness (QED) is 0.536. The van der Waals surface area contributed by atoms with Gasteiger partial charge in [-0.3, -0.25) is 15.2 Å². The van der Waals surface area contributed by atoms with Crippen LogP contribution in [0.2, 0.25) is 0 Å². The van der Waals surface area contributed by atoms with E-state index in [9.17, 15) is 4.79 Å². The number of fused-ring (bicyclic) bond motifs is 1. The van der Waals surface area contributed by atoms with E-state index in [1.807, 2.05) is 24.3 Å². The summed E-state index contributed by atoms with van der Waals surface area (Å²) in [7, 11) is 0. The lowest BCUT2D eigenvalue weighted by molar-refractivity contribution is 0.102. The first kappa shape index (κ1) is 12.7. The van der Waals surface area contributed by atoms with Crippen molar-refractivity contribution in [3.05, 3.63) is 41.7 Å². The minimum atomic E-state index is -0.332. The number of hydrogen-bond donors (Lipinski definition) is 3. The molecule has 22 heavy (non-hydrogen) atoms. The van der Waals surface area contributed by atoms with Crippen LogP contribution in [0, 0.1) is 0 Å². The fourth-order valence-corrected chi connectivity index (χ4v) is 2.72. The van der Waals surface area contributed by atoms with Gasteiger partial charge < -0.3 is 4.98 Å². The van der Waals surface area contributed by atoms with Crippen LogP contribution in [-0.4, -0.2) is 36.0 Å². The summed E-state index contributed by atoms with van der Waals surface area (Å²) in [5.74, 6) is 0.592. The number of aromatic amines is 2. The molecule has 1 aromatic carbocycles. The summed E-state index contributed by atoms with van der Waals surface area (Å²) in [6.07, 6.45) is 1.39. The lowest BCUT2D eigenvalue weighted by Crippen LogP contribution is -2.13. The maximum absolute atomic E-state index is 12.2. The van der Waals surface area contributed by atoms with Gasteiger partial charge in [0.2, 0.25) is 5.95 Å². The molecule has 0 fully saturated rings. The highest BCUT2D eigenvalue weighted by molar-refractivity contribution is 7.13. The molecule has 0 spiro atoms. The number of hydrogen-bond acceptors (Lipinski definition) is 6. The molecule has 4 aromatic rings. The molecule has 0 aliphatic heterocycles. The third-order valence-corrected chi connectivity index (χ3v) is 3.82. The molecule has 3 aromatic heterocycles. The van der Waals surface area contributed by atoms with E-state index in [1.165, 1.54) is 17.7 Å². The highest BCUT2D eigenvalue weighted by Crippen LogP contribution is 2.20. The van der Waals surface area contributed by atoms with Gasteiger partial charge in [0, 0.05) is 5.38 Å². The Balaban J connectivity index is 1.57. The monoisotopic (exact) mass is 311 g/mol. The Morgan fingerprint density at radius 2 is 2.14 bits per heavy atom. The van der Waals surface area contributed by atoms with Crippen LogP contribution in [0.4, 0.5) is 5.95 Å². The first-order valence-electron chi connectivity index (χ1n) is 6.37. The van der Waals surface area contributed by atoms with E-state index in [0.717, 1.165) is 11.0 Å². The van der Waals surface area contributed by atoms with Crippen molar-refractivity contribution in [2.24, 2.45) is 0 Å².